The Hall–Kier alpha value is -2.96. The van der Waals surface area contributed by atoms with Crippen LogP contribution in [-0.4, -0.2) is 93.1 Å². The van der Waals surface area contributed by atoms with Gasteiger partial charge in [0.25, 0.3) is 0 Å². The van der Waals surface area contributed by atoms with Crippen LogP contribution < -0.4 is 4.74 Å². The lowest BCUT2D eigenvalue weighted by Gasteiger charge is -2.24. The smallest absolute Gasteiger partial charge is 0.472 e. The minimum absolute atomic E-state index is 0.0276. The minimum Gasteiger partial charge on any atom is -0.507 e. The molecule has 0 aromatic heterocycles. The van der Waals surface area contributed by atoms with E-state index in [1.165, 1.54) is 64.9 Å². The molecule has 0 saturated heterocycles. The molecule has 13 nitrogen and oxygen atoms in total. The number of carbonyl (C=O) groups excluding carboxylic acids is 3. The fraction of sp³-hybridized carbons (Fsp3) is 0.732. The number of phosphoric ester groups is 1. The molecule has 1 aromatic carbocycles. The molecule has 14 heteroatoms. The Bertz CT molecular complexity index is 1440. The maximum Gasteiger partial charge on any atom is 0.472 e. The molecule has 2 rings (SSSR count). The lowest BCUT2D eigenvalue weighted by atomic mass is 9.94. The highest BCUT2D eigenvalue weighted by molar-refractivity contribution is 7.47. The third-order valence-electron chi connectivity index (χ3n) is 9.68. The van der Waals surface area contributed by atoms with E-state index in [0.29, 0.717) is 40.7 Å². The average Bonchev–Trinajstić information content (AvgIpc) is 3.52. The van der Waals surface area contributed by atoms with Crippen LogP contribution in [0, 0.1) is 6.92 Å². The van der Waals surface area contributed by atoms with Crippen molar-refractivity contribution in [1.29, 1.82) is 0 Å². The molecule has 0 aliphatic carbocycles. The van der Waals surface area contributed by atoms with Gasteiger partial charge >= 0.3 is 25.7 Å². The summed E-state index contributed by atoms with van der Waals surface area (Å²) in [6.45, 7) is 5.52. The van der Waals surface area contributed by atoms with E-state index in [0.717, 1.165) is 30.4 Å². The monoisotopic (exact) mass is 798 g/mol. The van der Waals surface area contributed by atoms with Crippen LogP contribution in [-0.2, 0) is 50.4 Å². The standard InChI is InChI=1S/C41H68NO12P/c1-8-9-10-11-12-13-14-15-16-17-18-19-20-21-36(43)50-28-33(29-53-55(47,48)52-27-26-42(4,5)6)54-37(44)25-23-31(2)22-24-34-39(45)38-35(30-51-41(38)46)32(3)40(34)49-7/h22,33H,8-21,23-30H2,1-7H3,(H-,45,46,47,48)/p+1/b31-22+. The number of esters is 3. The van der Waals surface area contributed by atoms with Gasteiger partial charge in [-0.3, -0.25) is 18.6 Å². The number of phenolic OH excluding ortho intramolecular Hbond substituents is 1. The second-order valence-corrected chi connectivity index (χ2v) is 17.0. The highest BCUT2D eigenvalue weighted by atomic mass is 31.2. The van der Waals surface area contributed by atoms with Crippen molar-refractivity contribution in [2.24, 2.45) is 0 Å². The van der Waals surface area contributed by atoms with E-state index in [9.17, 15) is 28.9 Å². The number of nitrogens with zero attached hydrogens (tertiary/aromatic N) is 1. The van der Waals surface area contributed by atoms with Crippen molar-refractivity contribution in [2.75, 3.05) is 54.6 Å². The summed E-state index contributed by atoms with van der Waals surface area (Å²) in [7, 11) is 2.76. The number of ether oxygens (including phenoxy) is 4. The molecular formula is C41H69NO12P+. The van der Waals surface area contributed by atoms with Crippen molar-refractivity contribution < 1.29 is 61.4 Å². The predicted octanol–water partition coefficient (Wildman–Crippen LogP) is 8.42. The van der Waals surface area contributed by atoms with E-state index < -0.39 is 38.4 Å². The molecule has 314 valence electrons. The second kappa shape index (κ2) is 25.3. The van der Waals surface area contributed by atoms with Gasteiger partial charge in [-0.05, 0) is 38.7 Å². The number of likely N-dealkylation sites (N-methyl/N-ethyl adjacent to an activating group) is 1. The van der Waals surface area contributed by atoms with Crippen LogP contribution in [0.25, 0.3) is 0 Å². The number of phenols is 1. The van der Waals surface area contributed by atoms with Crippen LogP contribution in [0.1, 0.15) is 144 Å². The molecule has 2 N–H and O–H groups in total. The molecule has 1 heterocycles. The van der Waals surface area contributed by atoms with Gasteiger partial charge in [-0.2, -0.15) is 0 Å². The van der Waals surface area contributed by atoms with Crippen molar-refractivity contribution >= 4 is 25.7 Å². The first-order chi connectivity index (χ1) is 26.1. The first-order valence-electron chi connectivity index (χ1n) is 20.1. The molecule has 1 aromatic rings. The molecule has 55 heavy (non-hydrogen) atoms. The minimum atomic E-state index is -4.47. The zero-order chi connectivity index (χ0) is 40.9. The SMILES string of the molecule is CCCCCCCCCCCCCCCC(=O)OCC(COP(=O)(O)OCC[N+](C)(C)C)OC(=O)CC/C(C)=C/Cc1c(O)c2c(c(C)c1OC)COC2=O. The Balaban J connectivity index is 1.87. The van der Waals surface area contributed by atoms with Crippen molar-refractivity contribution in [3.05, 3.63) is 33.9 Å². The van der Waals surface area contributed by atoms with Gasteiger partial charge in [-0.15, -0.1) is 0 Å². The van der Waals surface area contributed by atoms with Crippen molar-refractivity contribution in [2.45, 2.75) is 143 Å². The van der Waals surface area contributed by atoms with Crippen LogP contribution in [0.15, 0.2) is 11.6 Å². The molecule has 0 saturated carbocycles. The summed E-state index contributed by atoms with van der Waals surface area (Å²) in [5.74, 6) is -1.36. The lowest BCUT2D eigenvalue weighted by molar-refractivity contribution is -0.870. The molecule has 0 bridgehead atoms. The van der Waals surface area contributed by atoms with Crippen molar-refractivity contribution in [3.63, 3.8) is 0 Å². The maximum absolute atomic E-state index is 12.9. The number of benzene rings is 1. The van der Waals surface area contributed by atoms with E-state index in [4.69, 9.17) is 28.0 Å². The third kappa shape index (κ3) is 19.2. The van der Waals surface area contributed by atoms with Gasteiger partial charge in [0.1, 0.15) is 43.4 Å². The molecule has 0 spiro atoms. The number of phosphoric acid groups is 1. The molecule has 0 amide bonds. The van der Waals surface area contributed by atoms with Gasteiger partial charge in [0.15, 0.2) is 6.10 Å². The maximum atomic E-state index is 12.9. The zero-order valence-corrected chi connectivity index (χ0v) is 35.5. The summed E-state index contributed by atoms with van der Waals surface area (Å²) in [5, 5.41) is 10.9. The highest BCUT2D eigenvalue weighted by Gasteiger charge is 2.32. The lowest BCUT2D eigenvalue weighted by Crippen LogP contribution is -2.37. The van der Waals surface area contributed by atoms with Crippen molar-refractivity contribution in [1.82, 2.24) is 0 Å². The average molecular weight is 799 g/mol. The van der Waals surface area contributed by atoms with Crippen LogP contribution in [0.4, 0.5) is 0 Å². The predicted molar refractivity (Wildman–Crippen MR) is 211 cm³/mol. The number of methoxy groups -OCH3 is 1. The number of carbonyl (C=O) groups is 3. The molecule has 0 radical (unpaired) electrons. The summed E-state index contributed by atoms with van der Waals surface area (Å²) in [5.41, 5.74) is 2.71. The Labute approximate surface area is 329 Å². The van der Waals surface area contributed by atoms with E-state index in [2.05, 4.69) is 6.92 Å². The number of unbranched alkanes of at least 4 members (excludes halogenated alkanes) is 12. The van der Waals surface area contributed by atoms with Gasteiger partial charge in [0.05, 0.1) is 34.9 Å². The normalized spacial score (nSPS) is 14.6. The molecule has 2 atom stereocenters. The molecule has 1 aliphatic rings. The van der Waals surface area contributed by atoms with Gasteiger partial charge < -0.3 is 33.4 Å². The molecular weight excluding hydrogens is 729 g/mol. The number of rotatable bonds is 30. The number of cyclic esters (lactones) is 1. The molecule has 0 fully saturated rings. The largest absolute Gasteiger partial charge is 0.507 e. The second-order valence-electron chi connectivity index (χ2n) is 15.6. The number of aromatic hydroxyl groups is 1. The fourth-order valence-corrected chi connectivity index (χ4v) is 7.00. The molecule has 2 unspecified atom stereocenters. The van der Waals surface area contributed by atoms with Crippen molar-refractivity contribution in [3.8, 4) is 11.5 Å². The highest BCUT2D eigenvalue weighted by Crippen LogP contribution is 2.44. The van der Waals surface area contributed by atoms with E-state index in [-0.39, 0.29) is 50.4 Å². The Morgan fingerprint density at radius 2 is 1.49 bits per heavy atom. The Morgan fingerprint density at radius 3 is 2.07 bits per heavy atom. The Kier molecular flexibility index (Phi) is 22.2. The zero-order valence-electron chi connectivity index (χ0n) is 34.6. The van der Waals surface area contributed by atoms with E-state index >= 15 is 0 Å². The topological polar surface area (TPSA) is 164 Å². The number of quaternary nitrogens is 1. The Morgan fingerprint density at radius 1 is 0.891 bits per heavy atom. The van der Waals surface area contributed by atoms with Gasteiger partial charge in [-0.25, -0.2) is 9.36 Å². The number of allylic oxidation sites excluding steroid dienone is 2. The third-order valence-corrected chi connectivity index (χ3v) is 10.7. The fourth-order valence-electron chi connectivity index (χ4n) is 6.26. The molecule has 1 aliphatic heterocycles. The number of hydrogen-bond acceptors (Lipinski definition) is 11. The summed E-state index contributed by atoms with van der Waals surface area (Å²) in [4.78, 5) is 47.9. The van der Waals surface area contributed by atoms with Gasteiger partial charge in [0.2, 0.25) is 0 Å². The van der Waals surface area contributed by atoms with Gasteiger partial charge in [0, 0.05) is 24.0 Å². The van der Waals surface area contributed by atoms with Crippen LogP contribution in [0.5, 0.6) is 11.5 Å². The van der Waals surface area contributed by atoms with Crippen LogP contribution in [0.2, 0.25) is 0 Å². The summed E-state index contributed by atoms with van der Waals surface area (Å²) in [6, 6.07) is 0. The number of hydrogen-bond donors (Lipinski definition) is 2. The first kappa shape index (κ1) is 48.2. The number of fused-ring (bicyclic) bond motifs is 1. The van der Waals surface area contributed by atoms with E-state index in [1.807, 2.05) is 34.1 Å². The van der Waals surface area contributed by atoms with Crippen LogP contribution >= 0.6 is 7.82 Å². The summed E-state index contributed by atoms with van der Waals surface area (Å²) >= 11 is 0. The van der Waals surface area contributed by atoms with Crippen LogP contribution in [0.3, 0.4) is 0 Å². The summed E-state index contributed by atoms with van der Waals surface area (Å²) < 4.78 is 44.9. The van der Waals surface area contributed by atoms with E-state index in [1.54, 1.807) is 6.92 Å². The quantitative estimate of drug-likeness (QED) is 0.0191. The summed E-state index contributed by atoms with van der Waals surface area (Å²) in [6.07, 6.45) is 16.9. The van der Waals surface area contributed by atoms with Gasteiger partial charge in [-0.1, -0.05) is 95.6 Å². The first-order valence-corrected chi connectivity index (χ1v) is 21.6.